The molecule has 6 heteroatoms. The van der Waals surface area contributed by atoms with Gasteiger partial charge < -0.3 is 14.6 Å². The molecular formula is C19H24O6. The number of carbonyl (C=O) groups is 3. The average molecular weight is 348 g/mol. The second-order valence-electron chi connectivity index (χ2n) is 5.20. The molecule has 0 heterocycles. The van der Waals surface area contributed by atoms with Gasteiger partial charge in [-0.1, -0.05) is 43.0 Å². The van der Waals surface area contributed by atoms with Gasteiger partial charge >= 0.3 is 17.9 Å². The predicted octanol–water partition coefficient (Wildman–Crippen LogP) is 3.27. The molecule has 0 amide bonds. The lowest BCUT2D eigenvalue weighted by atomic mass is 10.2. The van der Waals surface area contributed by atoms with E-state index in [4.69, 9.17) is 9.84 Å². The molecule has 0 spiro atoms. The second-order valence-corrected chi connectivity index (χ2v) is 5.20. The molecule has 1 aromatic rings. The van der Waals surface area contributed by atoms with Crippen molar-refractivity contribution in [3.63, 3.8) is 0 Å². The Morgan fingerprint density at radius 3 is 2.16 bits per heavy atom. The first-order valence-electron chi connectivity index (χ1n) is 7.62. The van der Waals surface area contributed by atoms with Crippen molar-refractivity contribution >= 4 is 17.9 Å². The smallest absolute Gasteiger partial charge is 0.344 e. The van der Waals surface area contributed by atoms with Crippen LogP contribution in [0.15, 0.2) is 54.1 Å². The largest absolute Gasteiger partial charge is 0.479 e. The van der Waals surface area contributed by atoms with Crippen molar-refractivity contribution in [1.29, 1.82) is 0 Å². The van der Waals surface area contributed by atoms with Gasteiger partial charge in [-0.05, 0) is 33.3 Å². The third-order valence-electron chi connectivity index (χ3n) is 2.95. The van der Waals surface area contributed by atoms with E-state index in [0.29, 0.717) is 12.2 Å². The number of aliphatic carboxylic acids is 1. The molecule has 1 unspecified atom stereocenters. The summed E-state index contributed by atoms with van der Waals surface area (Å²) in [5, 5.41) is 8.31. The number of carboxylic acids is 1. The molecule has 0 fully saturated rings. The van der Waals surface area contributed by atoms with E-state index in [1.165, 1.54) is 13.8 Å². The van der Waals surface area contributed by atoms with Gasteiger partial charge in [-0.2, -0.15) is 0 Å². The van der Waals surface area contributed by atoms with Crippen molar-refractivity contribution in [1.82, 2.24) is 0 Å². The minimum absolute atomic E-state index is 0.193. The van der Waals surface area contributed by atoms with Crippen molar-refractivity contribution in [2.24, 2.45) is 0 Å². The maximum atomic E-state index is 11.3. The van der Waals surface area contributed by atoms with Crippen molar-refractivity contribution in [2.45, 2.75) is 40.4 Å². The van der Waals surface area contributed by atoms with Crippen molar-refractivity contribution < 1.29 is 29.0 Å². The SMILES string of the molecule is C=C(C)C(=O)OC(C)C(=O)O.CC=C(C)C(=O)OCc1ccccc1. The summed E-state index contributed by atoms with van der Waals surface area (Å²) in [5.74, 6) is -2.10. The molecule has 1 N–H and O–H groups in total. The van der Waals surface area contributed by atoms with Crippen LogP contribution in [0.2, 0.25) is 0 Å². The van der Waals surface area contributed by atoms with E-state index in [0.717, 1.165) is 5.56 Å². The van der Waals surface area contributed by atoms with Gasteiger partial charge in [0.05, 0.1) is 0 Å². The van der Waals surface area contributed by atoms with Crippen LogP contribution >= 0.6 is 0 Å². The van der Waals surface area contributed by atoms with Gasteiger partial charge in [0.25, 0.3) is 0 Å². The summed E-state index contributed by atoms with van der Waals surface area (Å²) in [4.78, 5) is 32.1. The van der Waals surface area contributed by atoms with E-state index in [9.17, 15) is 14.4 Å². The molecule has 136 valence electrons. The van der Waals surface area contributed by atoms with Crippen LogP contribution in [0.25, 0.3) is 0 Å². The molecule has 0 aliphatic heterocycles. The molecule has 25 heavy (non-hydrogen) atoms. The number of hydrogen-bond acceptors (Lipinski definition) is 5. The molecule has 0 saturated carbocycles. The lowest BCUT2D eigenvalue weighted by molar-refractivity contribution is -0.159. The number of hydrogen-bond donors (Lipinski definition) is 1. The summed E-state index contributed by atoms with van der Waals surface area (Å²) in [7, 11) is 0. The summed E-state index contributed by atoms with van der Waals surface area (Å²) >= 11 is 0. The fourth-order valence-electron chi connectivity index (χ4n) is 1.27. The first-order valence-corrected chi connectivity index (χ1v) is 7.62. The highest BCUT2D eigenvalue weighted by Gasteiger charge is 2.15. The summed E-state index contributed by atoms with van der Waals surface area (Å²) in [6.07, 6.45) is 0.632. The highest BCUT2D eigenvalue weighted by molar-refractivity contribution is 5.89. The van der Waals surface area contributed by atoms with E-state index in [1.54, 1.807) is 13.0 Å². The first-order chi connectivity index (χ1) is 11.7. The highest BCUT2D eigenvalue weighted by Crippen LogP contribution is 2.03. The number of esters is 2. The zero-order valence-electron chi connectivity index (χ0n) is 14.9. The normalized spacial score (nSPS) is 11.4. The molecule has 0 aliphatic rings. The number of ether oxygens (including phenoxy) is 2. The molecule has 1 atom stereocenters. The van der Waals surface area contributed by atoms with E-state index in [2.05, 4.69) is 11.3 Å². The van der Waals surface area contributed by atoms with E-state index in [1.807, 2.05) is 37.3 Å². The molecule has 0 saturated heterocycles. The van der Waals surface area contributed by atoms with Crippen LogP contribution in [0.4, 0.5) is 0 Å². The summed E-state index contributed by atoms with van der Waals surface area (Å²) in [6, 6.07) is 9.64. The average Bonchev–Trinajstić information content (AvgIpc) is 2.60. The minimum Gasteiger partial charge on any atom is -0.479 e. The lowest BCUT2D eigenvalue weighted by Gasteiger charge is -2.07. The van der Waals surface area contributed by atoms with Gasteiger partial charge in [-0.3, -0.25) is 0 Å². The van der Waals surface area contributed by atoms with Gasteiger partial charge in [-0.25, -0.2) is 14.4 Å². The molecule has 0 aliphatic carbocycles. The van der Waals surface area contributed by atoms with Crippen LogP contribution in [0.3, 0.4) is 0 Å². The molecule has 0 bridgehead atoms. The van der Waals surface area contributed by atoms with Crippen molar-refractivity contribution in [3.05, 3.63) is 59.7 Å². The summed E-state index contributed by atoms with van der Waals surface area (Å²) in [6.45, 7) is 9.94. The number of carbonyl (C=O) groups excluding carboxylic acids is 2. The van der Waals surface area contributed by atoms with Gasteiger partial charge in [0.15, 0.2) is 6.10 Å². The number of benzene rings is 1. The Kier molecular flexibility index (Phi) is 10.3. The van der Waals surface area contributed by atoms with Crippen LogP contribution in [0.1, 0.15) is 33.3 Å². The van der Waals surface area contributed by atoms with E-state index < -0.39 is 18.0 Å². The number of rotatable bonds is 6. The third-order valence-corrected chi connectivity index (χ3v) is 2.95. The zero-order valence-corrected chi connectivity index (χ0v) is 14.9. The van der Waals surface area contributed by atoms with Crippen LogP contribution in [-0.4, -0.2) is 29.1 Å². The van der Waals surface area contributed by atoms with Crippen LogP contribution in [-0.2, 0) is 30.5 Å². The first kappa shape index (κ1) is 22.1. The lowest BCUT2D eigenvalue weighted by Crippen LogP contribution is -2.23. The summed E-state index contributed by atoms with van der Waals surface area (Å²) in [5.41, 5.74) is 1.84. The fourth-order valence-corrected chi connectivity index (χ4v) is 1.27. The Morgan fingerprint density at radius 2 is 1.72 bits per heavy atom. The topological polar surface area (TPSA) is 89.9 Å². The molecule has 0 aromatic heterocycles. The Labute approximate surface area is 147 Å². The van der Waals surface area contributed by atoms with Gasteiger partial charge in [0, 0.05) is 11.1 Å². The highest BCUT2D eigenvalue weighted by atomic mass is 16.6. The Bertz CT molecular complexity index is 631. The summed E-state index contributed by atoms with van der Waals surface area (Å²) < 4.78 is 9.51. The molecule has 6 nitrogen and oxygen atoms in total. The number of allylic oxidation sites excluding steroid dienone is 1. The van der Waals surface area contributed by atoms with Crippen LogP contribution in [0, 0.1) is 0 Å². The Balaban J connectivity index is 0.000000477. The zero-order chi connectivity index (χ0) is 19.4. The van der Waals surface area contributed by atoms with Gasteiger partial charge in [0.1, 0.15) is 6.61 Å². The van der Waals surface area contributed by atoms with Crippen molar-refractivity contribution in [2.75, 3.05) is 0 Å². The molecule has 1 aromatic carbocycles. The molecule has 0 radical (unpaired) electrons. The molecule has 1 rings (SSSR count). The maximum Gasteiger partial charge on any atom is 0.344 e. The Morgan fingerprint density at radius 1 is 1.16 bits per heavy atom. The molecular weight excluding hydrogens is 324 g/mol. The van der Waals surface area contributed by atoms with Crippen LogP contribution < -0.4 is 0 Å². The van der Waals surface area contributed by atoms with E-state index in [-0.39, 0.29) is 11.5 Å². The number of carboxylic acid groups (broad SMARTS) is 1. The third kappa shape index (κ3) is 9.76. The quantitative estimate of drug-likeness (QED) is 0.627. The monoisotopic (exact) mass is 348 g/mol. The van der Waals surface area contributed by atoms with Crippen LogP contribution in [0.5, 0.6) is 0 Å². The van der Waals surface area contributed by atoms with Gasteiger partial charge in [-0.15, -0.1) is 0 Å². The van der Waals surface area contributed by atoms with Gasteiger partial charge in [0.2, 0.25) is 0 Å². The predicted molar refractivity (Wildman–Crippen MR) is 93.7 cm³/mol. The second kappa shape index (κ2) is 11.6. The standard InChI is InChI=1S/C12H14O2.C7H10O4/c1-3-10(2)12(13)14-9-11-7-5-4-6-8-11;1-4(2)7(10)11-5(3)6(8)9/h3-8H,9H2,1-2H3;5H,1H2,2-3H3,(H,8,9). The van der Waals surface area contributed by atoms with Crippen molar-refractivity contribution in [3.8, 4) is 0 Å². The van der Waals surface area contributed by atoms with E-state index >= 15 is 0 Å². The minimum atomic E-state index is -1.17. The Hall–Kier alpha value is -2.89. The maximum absolute atomic E-state index is 11.3. The fraction of sp³-hybridized carbons (Fsp3) is 0.316.